The van der Waals surface area contributed by atoms with Crippen LogP contribution in [-0.4, -0.2) is 27.9 Å². The lowest BCUT2D eigenvalue weighted by Gasteiger charge is -2.10. The van der Waals surface area contributed by atoms with Gasteiger partial charge in [-0.25, -0.2) is 4.79 Å². The number of hydrogen-bond donors (Lipinski definition) is 2. The molecule has 0 bridgehead atoms. The topological polar surface area (TPSA) is 75.6 Å². The number of halogens is 2. The Bertz CT molecular complexity index is 790. The zero-order valence-corrected chi connectivity index (χ0v) is 17.1. The summed E-state index contributed by atoms with van der Waals surface area (Å²) in [6, 6.07) is 3.56. The average molecular weight is 493 g/mol. The minimum absolute atomic E-state index is 0.218. The summed E-state index contributed by atoms with van der Waals surface area (Å²) in [5.41, 5.74) is 1.42. The van der Waals surface area contributed by atoms with Crippen molar-refractivity contribution in [3.63, 3.8) is 0 Å². The average Bonchev–Trinajstić information content (AvgIpc) is 2.82. The summed E-state index contributed by atoms with van der Waals surface area (Å²) in [5, 5.41) is 11.4. The van der Waals surface area contributed by atoms with Gasteiger partial charge in [0, 0.05) is 10.0 Å². The molecule has 0 aliphatic carbocycles. The number of thioether (sulfide) groups is 1. The number of carboxylic acid groups (broad SMARTS) is 1. The second-order valence-corrected chi connectivity index (χ2v) is 8.13. The van der Waals surface area contributed by atoms with E-state index >= 15 is 0 Å². The quantitative estimate of drug-likeness (QED) is 0.475. The maximum absolute atomic E-state index is 11.8. The molecule has 2 rings (SSSR count). The van der Waals surface area contributed by atoms with Crippen LogP contribution in [0.4, 0.5) is 0 Å². The fourth-order valence-electron chi connectivity index (χ4n) is 1.85. The lowest BCUT2D eigenvalue weighted by Crippen LogP contribution is -2.18. The zero-order valence-electron chi connectivity index (χ0n) is 12.3. The molecule has 0 atom stereocenters. The molecule has 5 nitrogen and oxygen atoms in total. The van der Waals surface area contributed by atoms with Gasteiger partial charge >= 0.3 is 5.97 Å². The van der Waals surface area contributed by atoms with Crippen molar-refractivity contribution in [2.24, 2.45) is 0 Å². The first-order chi connectivity index (χ1) is 11.3. The van der Waals surface area contributed by atoms with Gasteiger partial charge in [-0.2, -0.15) is 0 Å². The number of rotatable bonds is 5. The number of allylic oxidation sites excluding steroid dienone is 2. The van der Waals surface area contributed by atoms with Crippen LogP contribution in [0.25, 0.3) is 6.08 Å². The lowest BCUT2D eigenvalue weighted by atomic mass is 10.1. The molecule has 0 aromatic heterocycles. The predicted molar refractivity (Wildman–Crippen MR) is 105 cm³/mol. The summed E-state index contributed by atoms with van der Waals surface area (Å²) in [7, 11) is 0. The van der Waals surface area contributed by atoms with Crippen molar-refractivity contribution in [3.05, 3.63) is 43.2 Å². The van der Waals surface area contributed by atoms with Crippen LogP contribution in [0.15, 0.2) is 37.6 Å². The summed E-state index contributed by atoms with van der Waals surface area (Å²) in [4.78, 5) is 23.0. The molecule has 1 fully saturated rings. The van der Waals surface area contributed by atoms with Gasteiger partial charge < -0.3 is 15.2 Å². The summed E-state index contributed by atoms with van der Waals surface area (Å²) >= 11 is 12.9. The molecule has 2 N–H and O–H groups in total. The number of thiocarbonyl (C=S) groups is 1. The Hall–Kier alpha value is -1.16. The maximum Gasteiger partial charge on any atom is 0.341 e. The van der Waals surface area contributed by atoms with Crippen molar-refractivity contribution >= 4 is 78.1 Å². The van der Waals surface area contributed by atoms with Crippen molar-refractivity contribution in [3.8, 4) is 5.75 Å². The summed E-state index contributed by atoms with van der Waals surface area (Å²) < 4.78 is 7.19. The van der Waals surface area contributed by atoms with Crippen molar-refractivity contribution in [2.45, 2.75) is 6.92 Å². The molecule has 1 heterocycles. The van der Waals surface area contributed by atoms with Crippen molar-refractivity contribution in [1.82, 2.24) is 5.32 Å². The molecular weight excluding hydrogens is 482 g/mol. The third-order valence-electron chi connectivity index (χ3n) is 2.86. The first-order valence-electron chi connectivity index (χ1n) is 6.53. The second-order valence-electron chi connectivity index (χ2n) is 4.68. The molecule has 0 spiro atoms. The van der Waals surface area contributed by atoms with Crippen LogP contribution in [0.5, 0.6) is 5.75 Å². The van der Waals surface area contributed by atoms with Gasteiger partial charge in [0.1, 0.15) is 10.1 Å². The van der Waals surface area contributed by atoms with Crippen LogP contribution in [0, 0.1) is 0 Å². The molecule has 1 aliphatic rings. The van der Waals surface area contributed by atoms with Crippen LogP contribution in [0.3, 0.4) is 0 Å². The largest absolute Gasteiger partial charge is 0.480 e. The Morgan fingerprint density at radius 1 is 1.46 bits per heavy atom. The van der Waals surface area contributed by atoms with Gasteiger partial charge in [-0.05, 0) is 40.6 Å². The summed E-state index contributed by atoms with van der Waals surface area (Å²) in [6.07, 6.45) is 3.52. The van der Waals surface area contributed by atoms with Gasteiger partial charge in [0.15, 0.2) is 6.61 Å². The van der Waals surface area contributed by atoms with Gasteiger partial charge in [-0.15, -0.1) is 0 Å². The number of hydrogen-bond acceptors (Lipinski definition) is 5. The fraction of sp³-hybridized carbons (Fsp3) is 0.133. The number of carbonyl (C=O) groups excluding carboxylic acids is 1. The Morgan fingerprint density at radius 2 is 2.17 bits per heavy atom. The minimum atomic E-state index is -1.06. The van der Waals surface area contributed by atoms with Gasteiger partial charge in [-0.1, -0.05) is 52.1 Å². The smallest absolute Gasteiger partial charge is 0.341 e. The van der Waals surface area contributed by atoms with Gasteiger partial charge in [-0.3, -0.25) is 4.79 Å². The first kappa shape index (κ1) is 19.2. The number of carbonyl (C=O) groups is 2. The summed E-state index contributed by atoms with van der Waals surface area (Å²) in [6.45, 7) is 1.35. The molecule has 0 unspecified atom stereocenters. The predicted octanol–water partition coefficient (Wildman–Crippen LogP) is 4.11. The molecule has 1 aliphatic heterocycles. The molecule has 1 aromatic rings. The highest BCUT2D eigenvalue weighted by Gasteiger charge is 2.23. The molecule has 0 radical (unpaired) electrons. The maximum atomic E-state index is 11.8. The normalized spacial score (nSPS) is 16.5. The number of benzene rings is 1. The summed E-state index contributed by atoms with van der Waals surface area (Å²) in [5.74, 6) is -0.871. The standard InChI is InChI=1S/C15H11Br2NO4S2/c1-7(13-14(21)18-15(23)24-13)2-3-8-4-9(16)5-10(17)12(8)22-6-11(19)20/h2-5H,6H2,1H3,(H,19,20)(H,18,21,23)/b3-2+,13-7+. The monoisotopic (exact) mass is 491 g/mol. The molecule has 126 valence electrons. The first-order valence-corrected chi connectivity index (χ1v) is 9.34. The molecular formula is C15H11Br2NO4S2. The van der Waals surface area contributed by atoms with E-state index in [4.69, 9.17) is 22.1 Å². The molecule has 0 saturated carbocycles. The van der Waals surface area contributed by atoms with Crippen LogP contribution in [0.1, 0.15) is 12.5 Å². The number of carboxylic acids is 1. The van der Waals surface area contributed by atoms with E-state index < -0.39 is 12.6 Å². The molecule has 1 saturated heterocycles. The van der Waals surface area contributed by atoms with E-state index in [-0.39, 0.29) is 5.91 Å². The Morgan fingerprint density at radius 3 is 2.75 bits per heavy atom. The number of amides is 1. The highest BCUT2D eigenvalue weighted by atomic mass is 79.9. The van der Waals surface area contributed by atoms with E-state index in [1.54, 1.807) is 31.2 Å². The fourth-order valence-corrected chi connectivity index (χ4v) is 4.27. The van der Waals surface area contributed by atoms with Crippen LogP contribution < -0.4 is 10.1 Å². The Balaban J connectivity index is 2.34. The molecule has 1 aromatic carbocycles. The Kier molecular flexibility index (Phi) is 6.62. The third kappa shape index (κ3) is 4.92. The minimum Gasteiger partial charge on any atom is -0.480 e. The van der Waals surface area contributed by atoms with Crippen LogP contribution in [0.2, 0.25) is 0 Å². The highest BCUT2D eigenvalue weighted by molar-refractivity contribution is 9.11. The van der Waals surface area contributed by atoms with E-state index in [1.165, 1.54) is 11.8 Å². The molecule has 1 amide bonds. The zero-order chi connectivity index (χ0) is 17.9. The van der Waals surface area contributed by atoms with E-state index in [0.29, 0.717) is 25.0 Å². The van der Waals surface area contributed by atoms with E-state index in [2.05, 4.69) is 37.2 Å². The van der Waals surface area contributed by atoms with Crippen molar-refractivity contribution in [1.29, 1.82) is 0 Å². The Labute approximate surface area is 164 Å². The van der Waals surface area contributed by atoms with Gasteiger partial charge in [0.2, 0.25) is 0 Å². The van der Waals surface area contributed by atoms with Crippen LogP contribution >= 0.6 is 55.8 Å². The van der Waals surface area contributed by atoms with E-state index in [1.807, 2.05) is 0 Å². The van der Waals surface area contributed by atoms with E-state index in [9.17, 15) is 9.59 Å². The van der Waals surface area contributed by atoms with Crippen molar-refractivity contribution < 1.29 is 19.4 Å². The molecule has 9 heteroatoms. The second kappa shape index (κ2) is 8.28. The van der Waals surface area contributed by atoms with E-state index in [0.717, 1.165) is 10.0 Å². The number of ether oxygens (including phenoxy) is 1. The molecule has 24 heavy (non-hydrogen) atoms. The number of nitrogens with one attached hydrogen (secondary N) is 1. The lowest BCUT2D eigenvalue weighted by molar-refractivity contribution is -0.139. The number of aliphatic carboxylic acids is 1. The van der Waals surface area contributed by atoms with Gasteiger partial charge in [0.25, 0.3) is 5.91 Å². The third-order valence-corrected chi connectivity index (χ3v) is 5.26. The highest BCUT2D eigenvalue weighted by Crippen LogP contribution is 2.34. The van der Waals surface area contributed by atoms with Crippen LogP contribution in [-0.2, 0) is 9.59 Å². The van der Waals surface area contributed by atoms with Gasteiger partial charge in [0.05, 0.1) is 9.38 Å². The van der Waals surface area contributed by atoms with Crippen molar-refractivity contribution in [2.75, 3.05) is 6.61 Å². The SMILES string of the molecule is CC(/C=C/c1cc(Br)cc(Br)c1OCC(=O)O)=C1\SC(=S)NC1=O.